The lowest BCUT2D eigenvalue weighted by Gasteiger charge is -2.07. The van der Waals surface area contributed by atoms with Crippen LogP contribution in [0.15, 0.2) is 48.7 Å². The quantitative estimate of drug-likeness (QED) is 0.679. The molecule has 0 amide bonds. The molecule has 3 aromatic rings. The Labute approximate surface area is 143 Å². The summed E-state index contributed by atoms with van der Waals surface area (Å²) in [5.74, 6) is -0.308. The first-order valence-electron chi connectivity index (χ1n) is 7.13. The molecule has 0 saturated carbocycles. The summed E-state index contributed by atoms with van der Waals surface area (Å²) in [4.78, 5) is 24.8. The predicted octanol–water partition coefficient (Wildman–Crippen LogP) is 3.78. The average molecular weight is 344 g/mol. The lowest BCUT2D eigenvalue weighted by atomic mass is 10.2. The van der Waals surface area contributed by atoms with E-state index in [-0.39, 0.29) is 5.91 Å². The maximum atomic E-state index is 12.8. The summed E-state index contributed by atoms with van der Waals surface area (Å²) in [5, 5.41) is 0.991. The van der Waals surface area contributed by atoms with Crippen LogP contribution >= 0.6 is 11.6 Å². The van der Waals surface area contributed by atoms with Gasteiger partial charge in [-0.2, -0.15) is 0 Å². The van der Waals surface area contributed by atoms with Gasteiger partial charge in [0.25, 0.3) is 5.91 Å². The van der Waals surface area contributed by atoms with Gasteiger partial charge in [-0.3, -0.25) is 9.36 Å². The van der Waals surface area contributed by atoms with E-state index in [4.69, 9.17) is 21.1 Å². The molecule has 0 bridgehead atoms. The van der Waals surface area contributed by atoms with Gasteiger partial charge in [-0.1, -0.05) is 29.8 Å². The molecule has 1 aromatic heterocycles. The summed E-state index contributed by atoms with van der Waals surface area (Å²) in [6, 6.07) is 11.9. The maximum absolute atomic E-state index is 12.8. The fourth-order valence-corrected chi connectivity index (χ4v) is 2.82. The number of nitrogens with zero attached hydrogens (tertiary/aromatic N) is 1. The Morgan fingerprint density at radius 1 is 1.08 bits per heavy atom. The van der Waals surface area contributed by atoms with Crippen LogP contribution in [0.3, 0.4) is 0 Å². The van der Waals surface area contributed by atoms with E-state index in [2.05, 4.69) is 0 Å². The van der Waals surface area contributed by atoms with Gasteiger partial charge in [-0.25, -0.2) is 4.79 Å². The molecule has 2 aromatic carbocycles. The largest absolute Gasteiger partial charge is 0.495 e. The standard InChI is InChI=1S/C18H14ClNO4/c1-23-16-8-7-11(9-14(16)19)17(21)20-10-13(18(22)24-2)12-5-3-4-6-15(12)20/h3-10H,1-2H3. The molecule has 122 valence electrons. The van der Waals surface area contributed by atoms with E-state index in [1.165, 1.54) is 31.0 Å². The summed E-state index contributed by atoms with van der Waals surface area (Å²) >= 11 is 6.10. The van der Waals surface area contributed by atoms with Crippen LogP contribution < -0.4 is 4.74 Å². The van der Waals surface area contributed by atoms with Crippen molar-refractivity contribution in [3.63, 3.8) is 0 Å². The molecule has 5 nitrogen and oxygen atoms in total. The highest BCUT2D eigenvalue weighted by Gasteiger charge is 2.20. The van der Waals surface area contributed by atoms with Crippen LogP contribution in [-0.4, -0.2) is 30.7 Å². The molecular weight excluding hydrogens is 330 g/mol. The number of rotatable bonds is 3. The lowest BCUT2D eigenvalue weighted by molar-refractivity contribution is 0.0603. The molecule has 0 atom stereocenters. The van der Waals surface area contributed by atoms with Gasteiger partial charge in [-0.05, 0) is 24.3 Å². The number of carbonyl (C=O) groups excluding carboxylic acids is 2. The van der Waals surface area contributed by atoms with E-state index >= 15 is 0 Å². The second-order valence-corrected chi connectivity index (χ2v) is 5.48. The zero-order valence-corrected chi connectivity index (χ0v) is 13.8. The normalized spacial score (nSPS) is 10.6. The highest BCUT2D eigenvalue weighted by Crippen LogP contribution is 2.27. The molecule has 24 heavy (non-hydrogen) atoms. The molecule has 0 aliphatic rings. The number of aromatic nitrogens is 1. The topological polar surface area (TPSA) is 57.5 Å². The highest BCUT2D eigenvalue weighted by atomic mass is 35.5. The second kappa shape index (κ2) is 6.37. The van der Waals surface area contributed by atoms with Crippen molar-refractivity contribution in [3.8, 4) is 5.75 Å². The predicted molar refractivity (Wildman–Crippen MR) is 91.0 cm³/mol. The second-order valence-electron chi connectivity index (χ2n) is 5.08. The first kappa shape index (κ1) is 16.1. The fraction of sp³-hybridized carbons (Fsp3) is 0.111. The number of halogens is 1. The number of hydrogen-bond donors (Lipinski definition) is 0. The van der Waals surface area contributed by atoms with Crippen molar-refractivity contribution in [3.05, 3.63) is 64.8 Å². The van der Waals surface area contributed by atoms with Crippen molar-refractivity contribution in [1.82, 2.24) is 4.57 Å². The van der Waals surface area contributed by atoms with Gasteiger partial charge < -0.3 is 9.47 Å². The molecule has 6 heteroatoms. The van der Waals surface area contributed by atoms with E-state index in [1.54, 1.807) is 36.4 Å². The minimum absolute atomic E-state index is 0.300. The molecule has 0 saturated heterocycles. The van der Waals surface area contributed by atoms with Gasteiger partial charge in [0.2, 0.25) is 0 Å². The SMILES string of the molecule is COC(=O)c1cn(C(=O)c2ccc(OC)c(Cl)c2)c2ccccc12. The minimum Gasteiger partial charge on any atom is -0.495 e. The number of methoxy groups -OCH3 is 2. The van der Waals surface area contributed by atoms with Gasteiger partial charge in [0.15, 0.2) is 0 Å². The number of esters is 1. The van der Waals surface area contributed by atoms with Gasteiger partial charge in [-0.15, -0.1) is 0 Å². The van der Waals surface area contributed by atoms with Crippen LogP contribution in [0.5, 0.6) is 5.75 Å². The number of para-hydroxylation sites is 1. The Balaban J connectivity index is 2.14. The molecule has 0 spiro atoms. The molecule has 0 N–H and O–H groups in total. The van der Waals surface area contributed by atoms with Crippen molar-refractivity contribution >= 4 is 34.4 Å². The van der Waals surface area contributed by atoms with Crippen LogP contribution in [-0.2, 0) is 4.74 Å². The number of benzene rings is 2. The number of ether oxygens (including phenoxy) is 2. The summed E-state index contributed by atoms with van der Waals surface area (Å²) in [6.45, 7) is 0. The summed E-state index contributed by atoms with van der Waals surface area (Å²) < 4.78 is 11.3. The van der Waals surface area contributed by atoms with Crippen molar-refractivity contribution in [2.45, 2.75) is 0 Å². The monoisotopic (exact) mass is 343 g/mol. The molecule has 0 unspecified atom stereocenters. The summed E-state index contributed by atoms with van der Waals surface area (Å²) in [7, 11) is 2.81. The summed E-state index contributed by atoms with van der Waals surface area (Å²) in [5.41, 5.74) is 1.34. The first-order chi connectivity index (χ1) is 11.6. The third kappa shape index (κ3) is 2.63. The van der Waals surface area contributed by atoms with Crippen LogP contribution in [0.2, 0.25) is 5.02 Å². The van der Waals surface area contributed by atoms with E-state index < -0.39 is 5.97 Å². The summed E-state index contributed by atoms with van der Waals surface area (Å²) in [6.07, 6.45) is 1.48. The van der Waals surface area contributed by atoms with Gasteiger partial charge in [0, 0.05) is 17.1 Å². The van der Waals surface area contributed by atoms with Crippen LogP contribution in [0.1, 0.15) is 20.7 Å². The number of hydrogen-bond acceptors (Lipinski definition) is 4. The van der Waals surface area contributed by atoms with Gasteiger partial charge in [0.05, 0.1) is 30.3 Å². The lowest BCUT2D eigenvalue weighted by Crippen LogP contribution is -2.11. The fourth-order valence-electron chi connectivity index (χ4n) is 2.56. The Hall–Kier alpha value is -2.79. The molecular formula is C18H14ClNO4. The van der Waals surface area contributed by atoms with E-state index in [0.29, 0.717) is 32.8 Å². The zero-order chi connectivity index (χ0) is 17.3. The van der Waals surface area contributed by atoms with E-state index in [9.17, 15) is 9.59 Å². The molecule has 1 heterocycles. The van der Waals surface area contributed by atoms with Crippen LogP contribution in [0.4, 0.5) is 0 Å². The molecule has 0 radical (unpaired) electrons. The Morgan fingerprint density at radius 3 is 2.50 bits per heavy atom. The zero-order valence-electron chi connectivity index (χ0n) is 13.1. The molecule has 3 rings (SSSR count). The van der Waals surface area contributed by atoms with E-state index in [0.717, 1.165) is 0 Å². The van der Waals surface area contributed by atoms with Crippen molar-refractivity contribution in [1.29, 1.82) is 0 Å². The Bertz CT molecular complexity index is 945. The highest BCUT2D eigenvalue weighted by molar-refractivity contribution is 6.32. The van der Waals surface area contributed by atoms with Crippen LogP contribution in [0.25, 0.3) is 10.9 Å². The molecule has 0 aliphatic carbocycles. The average Bonchev–Trinajstić information content (AvgIpc) is 3.00. The van der Waals surface area contributed by atoms with E-state index in [1.807, 2.05) is 0 Å². The number of carbonyl (C=O) groups is 2. The smallest absolute Gasteiger partial charge is 0.340 e. The molecule has 0 aliphatic heterocycles. The first-order valence-corrected chi connectivity index (χ1v) is 7.51. The van der Waals surface area contributed by atoms with Crippen LogP contribution in [0, 0.1) is 0 Å². The Kier molecular flexibility index (Phi) is 4.27. The van der Waals surface area contributed by atoms with Crippen molar-refractivity contribution in [2.75, 3.05) is 14.2 Å². The maximum Gasteiger partial charge on any atom is 0.340 e. The minimum atomic E-state index is -0.495. The van der Waals surface area contributed by atoms with Crippen molar-refractivity contribution in [2.24, 2.45) is 0 Å². The van der Waals surface area contributed by atoms with Crippen molar-refractivity contribution < 1.29 is 19.1 Å². The van der Waals surface area contributed by atoms with Gasteiger partial charge in [0.1, 0.15) is 5.75 Å². The third-order valence-electron chi connectivity index (χ3n) is 3.73. The Morgan fingerprint density at radius 2 is 1.83 bits per heavy atom. The molecule has 0 fully saturated rings. The number of fused-ring (bicyclic) bond motifs is 1. The third-order valence-corrected chi connectivity index (χ3v) is 4.03. The van der Waals surface area contributed by atoms with Gasteiger partial charge >= 0.3 is 5.97 Å².